The number of hydrogen-bond donors (Lipinski definition) is 0. The molecule has 2 aromatic rings. The molecule has 0 spiro atoms. The summed E-state index contributed by atoms with van der Waals surface area (Å²) in [5, 5.41) is 0. The van der Waals surface area contributed by atoms with Crippen LogP contribution in [0.15, 0.2) is 48.5 Å². The van der Waals surface area contributed by atoms with Gasteiger partial charge in [0, 0.05) is 12.6 Å². The summed E-state index contributed by atoms with van der Waals surface area (Å²) in [5.74, 6) is -0.272. The Morgan fingerprint density at radius 1 is 1.14 bits per heavy atom. The molecule has 0 fully saturated rings. The zero-order valence-corrected chi connectivity index (χ0v) is 12.2. The van der Waals surface area contributed by atoms with Gasteiger partial charge in [0.15, 0.2) is 11.6 Å². The first kappa shape index (κ1) is 15.0. The molecule has 21 heavy (non-hydrogen) atoms. The highest BCUT2D eigenvalue weighted by molar-refractivity contribution is 5.94. The second kappa shape index (κ2) is 6.88. The molecule has 0 atom stereocenters. The van der Waals surface area contributed by atoms with E-state index in [4.69, 9.17) is 4.74 Å². The summed E-state index contributed by atoms with van der Waals surface area (Å²) in [4.78, 5) is 13.7. The first-order valence-corrected chi connectivity index (χ1v) is 6.77. The summed E-state index contributed by atoms with van der Waals surface area (Å²) in [5.41, 5.74) is 1.74. The molecule has 0 aliphatic heterocycles. The van der Waals surface area contributed by atoms with Gasteiger partial charge in [0.25, 0.3) is 5.91 Å². The molecule has 0 unspecified atom stereocenters. The Kier molecular flexibility index (Phi) is 4.93. The topological polar surface area (TPSA) is 29.5 Å². The minimum atomic E-state index is -0.398. The Morgan fingerprint density at radius 3 is 2.48 bits per heavy atom. The molecule has 0 aromatic heterocycles. The molecule has 0 aliphatic rings. The number of para-hydroxylation sites is 1. The SMILES string of the molecule is Cc1ccc(C(=O)N(C)CCOc2ccccc2F)cc1. The van der Waals surface area contributed by atoms with E-state index in [-0.39, 0.29) is 18.3 Å². The number of amides is 1. The second-order valence-corrected chi connectivity index (χ2v) is 4.87. The van der Waals surface area contributed by atoms with Crippen LogP contribution < -0.4 is 4.74 Å². The van der Waals surface area contributed by atoms with Crippen molar-refractivity contribution in [2.45, 2.75) is 6.92 Å². The highest BCUT2D eigenvalue weighted by atomic mass is 19.1. The number of rotatable bonds is 5. The van der Waals surface area contributed by atoms with Crippen molar-refractivity contribution in [2.24, 2.45) is 0 Å². The average molecular weight is 287 g/mol. The van der Waals surface area contributed by atoms with Crippen molar-refractivity contribution >= 4 is 5.91 Å². The molecule has 2 rings (SSSR count). The van der Waals surface area contributed by atoms with Gasteiger partial charge in [-0.05, 0) is 31.2 Å². The van der Waals surface area contributed by atoms with Crippen molar-refractivity contribution in [3.8, 4) is 5.75 Å². The number of likely N-dealkylation sites (N-methyl/N-ethyl adjacent to an activating group) is 1. The fourth-order valence-corrected chi connectivity index (χ4v) is 1.87. The first-order chi connectivity index (χ1) is 10.1. The van der Waals surface area contributed by atoms with Crippen molar-refractivity contribution in [1.82, 2.24) is 4.90 Å². The van der Waals surface area contributed by atoms with E-state index in [9.17, 15) is 9.18 Å². The van der Waals surface area contributed by atoms with Crippen molar-refractivity contribution in [2.75, 3.05) is 20.2 Å². The van der Waals surface area contributed by atoms with Crippen molar-refractivity contribution in [3.63, 3.8) is 0 Å². The van der Waals surface area contributed by atoms with Crippen LogP contribution >= 0.6 is 0 Å². The molecule has 0 N–H and O–H groups in total. The molecule has 0 saturated carbocycles. The van der Waals surface area contributed by atoms with Gasteiger partial charge in [0.2, 0.25) is 0 Å². The lowest BCUT2D eigenvalue weighted by Crippen LogP contribution is -2.30. The van der Waals surface area contributed by atoms with Crippen LogP contribution in [0.1, 0.15) is 15.9 Å². The quantitative estimate of drug-likeness (QED) is 0.844. The highest BCUT2D eigenvalue weighted by Gasteiger charge is 2.11. The molecule has 2 aromatic carbocycles. The number of carbonyl (C=O) groups excluding carboxylic acids is 1. The molecule has 4 heteroatoms. The third-order valence-corrected chi connectivity index (χ3v) is 3.17. The smallest absolute Gasteiger partial charge is 0.253 e. The van der Waals surface area contributed by atoms with E-state index in [0.717, 1.165) is 5.56 Å². The molecule has 0 aliphatic carbocycles. The summed E-state index contributed by atoms with van der Waals surface area (Å²) >= 11 is 0. The van der Waals surface area contributed by atoms with Gasteiger partial charge in [-0.15, -0.1) is 0 Å². The number of benzene rings is 2. The minimum absolute atomic E-state index is 0.0767. The lowest BCUT2D eigenvalue weighted by Gasteiger charge is -2.17. The number of carbonyl (C=O) groups is 1. The van der Waals surface area contributed by atoms with Crippen LogP contribution in [0.3, 0.4) is 0 Å². The molecule has 110 valence electrons. The summed E-state index contributed by atoms with van der Waals surface area (Å²) in [6.45, 7) is 2.61. The third-order valence-electron chi connectivity index (χ3n) is 3.17. The van der Waals surface area contributed by atoms with Gasteiger partial charge in [-0.25, -0.2) is 4.39 Å². The molecular weight excluding hydrogens is 269 g/mol. The van der Waals surface area contributed by atoms with Gasteiger partial charge >= 0.3 is 0 Å². The number of hydrogen-bond acceptors (Lipinski definition) is 2. The van der Waals surface area contributed by atoms with Crippen LogP contribution in [-0.2, 0) is 0 Å². The van der Waals surface area contributed by atoms with E-state index in [1.165, 1.54) is 6.07 Å². The van der Waals surface area contributed by atoms with Gasteiger partial charge < -0.3 is 9.64 Å². The molecule has 0 radical (unpaired) electrons. The lowest BCUT2D eigenvalue weighted by molar-refractivity contribution is 0.0773. The van der Waals surface area contributed by atoms with E-state index < -0.39 is 5.82 Å². The monoisotopic (exact) mass is 287 g/mol. The summed E-state index contributed by atoms with van der Waals surface area (Å²) in [7, 11) is 1.70. The van der Waals surface area contributed by atoms with Gasteiger partial charge in [-0.2, -0.15) is 0 Å². The number of nitrogens with zero attached hydrogens (tertiary/aromatic N) is 1. The molecule has 0 heterocycles. The van der Waals surface area contributed by atoms with E-state index in [0.29, 0.717) is 12.1 Å². The van der Waals surface area contributed by atoms with E-state index >= 15 is 0 Å². The van der Waals surface area contributed by atoms with E-state index in [2.05, 4.69) is 0 Å². The Labute approximate surface area is 124 Å². The predicted molar refractivity (Wildman–Crippen MR) is 80.0 cm³/mol. The number of aryl methyl sites for hydroxylation is 1. The summed E-state index contributed by atoms with van der Waals surface area (Å²) < 4.78 is 18.7. The van der Waals surface area contributed by atoms with Crippen LogP contribution in [-0.4, -0.2) is 31.0 Å². The van der Waals surface area contributed by atoms with Gasteiger partial charge in [-0.1, -0.05) is 29.8 Å². The Balaban J connectivity index is 1.87. The fraction of sp³-hybridized carbons (Fsp3) is 0.235. The van der Waals surface area contributed by atoms with Crippen LogP contribution in [0.2, 0.25) is 0 Å². The first-order valence-electron chi connectivity index (χ1n) is 6.77. The average Bonchev–Trinajstić information content (AvgIpc) is 2.49. The summed E-state index contributed by atoms with van der Waals surface area (Å²) in [6, 6.07) is 13.6. The Morgan fingerprint density at radius 2 is 1.81 bits per heavy atom. The third kappa shape index (κ3) is 4.05. The van der Waals surface area contributed by atoms with Gasteiger partial charge in [-0.3, -0.25) is 4.79 Å². The van der Waals surface area contributed by atoms with Crippen molar-refractivity contribution in [3.05, 3.63) is 65.5 Å². The fourth-order valence-electron chi connectivity index (χ4n) is 1.87. The molecule has 0 bridgehead atoms. The second-order valence-electron chi connectivity index (χ2n) is 4.87. The van der Waals surface area contributed by atoms with Gasteiger partial charge in [0.1, 0.15) is 6.61 Å². The van der Waals surface area contributed by atoms with Crippen molar-refractivity contribution < 1.29 is 13.9 Å². The number of halogens is 1. The van der Waals surface area contributed by atoms with Gasteiger partial charge in [0.05, 0.1) is 6.54 Å². The van der Waals surface area contributed by atoms with Crippen LogP contribution in [0.4, 0.5) is 4.39 Å². The molecule has 1 amide bonds. The highest BCUT2D eigenvalue weighted by Crippen LogP contribution is 2.15. The standard InChI is InChI=1S/C17H18FNO2/c1-13-7-9-14(10-8-13)17(20)19(2)11-12-21-16-6-4-3-5-15(16)18/h3-10H,11-12H2,1-2H3. The Hall–Kier alpha value is -2.36. The summed E-state index contributed by atoms with van der Waals surface area (Å²) in [6.07, 6.45) is 0. The molecule has 0 saturated heterocycles. The molecular formula is C17H18FNO2. The van der Waals surface area contributed by atoms with Crippen molar-refractivity contribution in [1.29, 1.82) is 0 Å². The van der Waals surface area contributed by atoms with Crippen LogP contribution in [0.25, 0.3) is 0 Å². The molecule has 3 nitrogen and oxygen atoms in total. The predicted octanol–water partition coefficient (Wildman–Crippen LogP) is 3.29. The maximum absolute atomic E-state index is 13.4. The normalized spacial score (nSPS) is 10.2. The zero-order valence-electron chi connectivity index (χ0n) is 12.2. The van der Waals surface area contributed by atoms with E-state index in [1.54, 1.807) is 42.3 Å². The lowest BCUT2D eigenvalue weighted by atomic mass is 10.1. The number of ether oxygens (including phenoxy) is 1. The largest absolute Gasteiger partial charge is 0.489 e. The Bertz CT molecular complexity index is 610. The van der Waals surface area contributed by atoms with Crippen LogP contribution in [0.5, 0.6) is 5.75 Å². The maximum atomic E-state index is 13.4. The zero-order chi connectivity index (χ0) is 15.2. The maximum Gasteiger partial charge on any atom is 0.253 e. The minimum Gasteiger partial charge on any atom is -0.489 e. The van der Waals surface area contributed by atoms with E-state index in [1.807, 2.05) is 19.1 Å². The van der Waals surface area contributed by atoms with Crippen LogP contribution in [0, 0.1) is 12.7 Å².